The SMILES string of the molecule is NC(CC1CCC1)c1ccc(C2CCC2)cc1. The molecule has 0 aliphatic heterocycles. The second-order valence-electron chi connectivity index (χ2n) is 5.93. The Bertz CT molecular complexity index is 360. The van der Waals surface area contributed by atoms with Crippen LogP contribution in [0.1, 0.15) is 68.0 Å². The molecule has 1 aromatic rings. The Morgan fingerprint density at radius 1 is 1.00 bits per heavy atom. The molecule has 2 fully saturated rings. The normalized spacial score (nSPS) is 22.9. The highest BCUT2D eigenvalue weighted by atomic mass is 14.6. The third-order valence-electron chi connectivity index (χ3n) is 4.75. The summed E-state index contributed by atoms with van der Waals surface area (Å²) in [6.07, 6.45) is 9.57. The summed E-state index contributed by atoms with van der Waals surface area (Å²) in [7, 11) is 0. The van der Waals surface area contributed by atoms with Crippen LogP contribution in [-0.2, 0) is 0 Å². The Kier molecular flexibility index (Phi) is 3.19. The second kappa shape index (κ2) is 4.81. The smallest absolute Gasteiger partial charge is 0.0297 e. The summed E-state index contributed by atoms with van der Waals surface area (Å²) in [6, 6.07) is 9.39. The molecule has 1 unspecified atom stereocenters. The van der Waals surface area contributed by atoms with E-state index < -0.39 is 0 Å². The molecule has 92 valence electrons. The molecule has 1 aromatic carbocycles. The van der Waals surface area contributed by atoms with E-state index in [1.165, 1.54) is 56.1 Å². The standard InChI is InChI=1S/C16H23N/c17-16(11-12-3-1-4-12)15-9-7-14(8-10-15)13-5-2-6-13/h7-10,12-13,16H,1-6,11,17H2. The Hall–Kier alpha value is -0.820. The van der Waals surface area contributed by atoms with E-state index >= 15 is 0 Å². The summed E-state index contributed by atoms with van der Waals surface area (Å²) in [5.41, 5.74) is 9.14. The maximum Gasteiger partial charge on any atom is 0.0297 e. The Morgan fingerprint density at radius 3 is 2.12 bits per heavy atom. The van der Waals surface area contributed by atoms with E-state index in [2.05, 4.69) is 24.3 Å². The van der Waals surface area contributed by atoms with Crippen LogP contribution in [-0.4, -0.2) is 0 Å². The quantitative estimate of drug-likeness (QED) is 0.825. The molecule has 2 aliphatic carbocycles. The van der Waals surface area contributed by atoms with Crippen molar-refractivity contribution < 1.29 is 0 Å². The first-order chi connectivity index (χ1) is 8.33. The molecule has 0 aromatic heterocycles. The van der Waals surface area contributed by atoms with Gasteiger partial charge >= 0.3 is 0 Å². The Balaban J connectivity index is 1.61. The van der Waals surface area contributed by atoms with Crippen molar-refractivity contribution in [3.63, 3.8) is 0 Å². The highest BCUT2D eigenvalue weighted by Crippen LogP contribution is 2.37. The topological polar surface area (TPSA) is 26.0 Å². The van der Waals surface area contributed by atoms with Crippen molar-refractivity contribution in [3.8, 4) is 0 Å². The van der Waals surface area contributed by atoms with Gasteiger partial charge in [0, 0.05) is 6.04 Å². The van der Waals surface area contributed by atoms with Crippen LogP contribution in [0.5, 0.6) is 0 Å². The van der Waals surface area contributed by atoms with Crippen LogP contribution in [0.3, 0.4) is 0 Å². The van der Waals surface area contributed by atoms with Crippen molar-refractivity contribution in [2.45, 2.75) is 56.9 Å². The first-order valence-corrected chi connectivity index (χ1v) is 7.18. The van der Waals surface area contributed by atoms with Gasteiger partial charge in [-0.3, -0.25) is 0 Å². The average molecular weight is 229 g/mol. The Morgan fingerprint density at radius 2 is 1.65 bits per heavy atom. The molecule has 17 heavy (non-hydrogen) atoms. The first kappa shape index (κ1) is 11.3. The average Bonchev–Trinajstić information content (AvgIpc) is 2.22. The first-order valence-electron chi connectivity index (χ1n) is 7.18. The van der Waals surface area contributed by atoms with Crippen LogP contribution in [0.2, 0.25) is 0 Å². The zero-order chi connectivity index (χ0) is 11.7. The number of hydrogen-bond donors (Lipinski definition) is 1. The lowest BCUT2D eigenvalue weighted by Crippen LogP contribution is -2.20. The van der Waals surface area contributed by atoms with Crippen LogP contribution >= 0.6 is 0 Å². The zero-order valence-corrected chi connectivity index (χ0v) is 10.6. The van der Waals surface area contributed by atoms with Crippen LogP contribution in [0.4, 0.5) is 0 Å². The summed E-state index contributed by atoms with van der Waals surface area (Å²) in [6.45, 7) is 0. The summed E-state index contributed by atoms with van der Waals surface area (Å²) in [4.78, 5) is 0. The predicted molar refractivity (Wildman–Crippen MR) is 71.9 cm³/mol. The van der Waals surface area contributed by atoms with Crippen molar-refractivity contribution in [2.75, 3.05) is 0 Å². The lowest BCUT2D eigenvalue weighted by atomic mass is 9.78. The molecule has 0 heterocycles. The number of hydrogen-bond acceptors (Lipinski definition) is 1. The largest absolute Gasteiger partial charge is 0.324 e. The summed E-state index contributed by atoms with van der Waals surface area (Å²) in [5, 5.41) is 0. The monoisotopic (exact) mass is 229 g/mol. The third-order valence-corrected chi connectivity index (χ3v) is 4.75. The summed E-state index contributed by atoms with van der Waals surface area (Å²) in [5.74, 6) is 1.74. The molecule has 0 radical (unpaired) electrons. The van der Waals surface area contributed by atoms with Gasteiger partial charge in [0.1, 0.15) is 0 Å². The molecule has 2 aliphatic rings. The van der Waals surface area contributed by atoms with Crippen LogP contribution in [0.25, 0.3) is 0 Å². The van der Waals surface area contributed by atoms with Crippen LogP contribution in [0, 0.1) is 5.92 Å². The molecule has 0 amide bonds. The van der Waals surface area contributed by atoms with Crippen LogP contribution in [0.15, 0.2) is 24.3 Å². The van der Waals surface area contributed by atoms with E-state index in [-0.39, 0.29) is 6.04 Å². The van der Waals surface area contributed by atoms with Crippen molar-refractivity contribution >= 4 is 0 Å². The molecule has 0 spiro atoms. The number of benzene rings is 1. The van der Waals surface area contributed by atoms with Gasteiger partial charge in [-0.15, -0.1) is 0 Å². The van der Waals surface area contributed by atoms with Crippen molar-refractivity contribution in [1.82, 2.24) is 0 Å². The van der Waals surface area contributed by atoms with Gasteiger partial charge in [-0.25, -0.2) is 0 Å². The maximum absolute atomic E-state index is 6.28. The van der Waals surface area contributed by atoms with Gasteiger partial charge in [0.05, 0.1) is 0 Å². The molecule has 1 atom stereocenters. The summed E-state index contributed by atoms with van der Waals surface area (Å²) < 4.78 is 0. The van der Waals surface area contributed by atoms with Crippen molar-refractivity contribution in [3.05, 3.63) is 35.4 Å². The van der Waals surface area contributed by atoms with E-state index in [0.29, 0.717) is 0 Å². The lowest BCUT2D eigenvalue weighted by molar-refractivity contribution is 0.277. The van der Waals surface area contributed by atoms with Gasteiger partial charge in [-0.05, 0) is 42.2 Å². The minimum absolute atomic E-state index is 0.260. The van der Waals surface area contributed by atoms with E-state index in [9.17, 15) is 0 Å². The van der Waals surface area contributed by atoms with Gasteiger partial charge in [-0.2, -0.15) is 0 Å². The molecular formula is C16H23N. The third kappa shape index (κ3) is 2.40. The number of rotatable bonds is 4. The van der Waals surface area contributed by atoms with Gasteiger partial charge in [0.15, 0.2) is 0 Å². The minimum Gasteiger partial charge on any atom is -0.324 e. The highest BCUT2D eigenvalue weighted by Gasteiger charge is 2.22. The van der Waals surface area contributed by atoms with E-state index in [4.69, 9.17) is 5.73 Å². The minimum atomic E-state index is 0.260. The molecule has 1 heteroatoms. The van der Waals surface area contributed by atoms with Gasteiger partial charge < -0.3 is 5.73 Å². The Labute approximate surface area is 104 Å². The molecule has 2 N–H and O–H groups in total. The van der Waals surface area contributed by atoms with Gasteiger partial charge in [-0.1, -0.05) is 49.9 Å². The lowest BCUT2D eigenvalue weighted by Gasteiger charge is -2.29. The summed E-state index contributed by atoms with van der Waals surface area (Å²) >= 11 is 0. The number of nitrogens with two attached hydrogens (primary N) is 1. The fourth-order valence-electron chi connectivity index (χ4n) is 2.98. The molecule has 0 bridgehead atoms. The molecule has 3 rings (SSSR count). The second-order valence-corrected chi connectivity index (χ2v) is 5.93. The predicted octanol–water partition coefficient (Wildman–Crippen LogP) is 4.14. The molecule has 0 saturated heterocycles. The van der Waals surface area contributed by atoms with E-state index in [0.717, 1.165) is 11.8 Å². The molecular weight excluding hydrogens is 206 g/mol. The van der Waals surface area contributed by atoms with E-state index in [1.807, 2.05) is 0 Å². The fraction of sp³-hybridized carbons (Fsp3) is 0.625. The maximum atomic E-state index is 6.28. The molecule has 1 nitrogen and oxygen atoms in total. The van der Waals surface area contributed by atoms with Gasteiger partial charge in [0.25, 0.3) is 0 Å². The van der Waals surface area contributed by atoms with Gasteiger partial charge in [0.2, 0.25) is 0 Å². The van der Waals surface area contributed by atoms with Crippen molar-refractivity contribution in [2.24, 2.45) is 11.7 Å². The van der Waals surface area contributed by atoms with Crippen LogP contribution < -0.4 is 5.73 Å². The molecule has 2 saturated carbocycles. The highest BCUT2D eigenvalue weighted by molar-refractivity contribution is 5.28. The zero-order valence-electron chi connectivity index (χ0n) is 10.6. The van der Waals surface area contributed by atoms with E-state index in [1.54, 1.807) is 0 Å². The fourth-order valence-corrected chi connectivity index (χ4v) is 2.98. The van der Waals surface area contributed by atoms with Crippen molar-refractivity contribution in [1.29, 1.82) is 0 Å².